The predicted molar refractivity (Wildman–Crippen MR) is 85.7 cm³/mol. The second kappa shape index (κ2) is 5.42. The summed E-state index contributed by atoms with van der Waals surface area (Å²) in [7, 11) is 0. The van der Waals surface area contributed by atoms with E-state index in [1.807, 2.05) is 0 Å². The Hall–Kier alpha value is -2.40. The number of anilines is 1. The normalized spacial score (nSPS) is 16.7. The fraction of sp³-hybridized carbons (Fsp3) is 0.294. The molecule has 0 fully saturated rings. The van der Waals surface area contributed by atoms with Gasteiger partial charge < -0.3 is 15.0 Å². The number of aliphatic hydroxyl groups is 1. The van der Waals surface area contributed by atoms with Gasteiger partial charge in [0.25, 0.3) is 0 Å². The van der Waals surface area contributed by atoms with E-state index in [2.05, 4.69) is 50.3 Å². The molecule has 0 spiro atoms. The second-order valence-corrected chi connectivity index (χ2v) is 5.62. The van der Waals surface area contributed by atoms with Crippen LogP contribution in [0.2, 0.25) is 0 Å². The SMILES string of the molecule is OCCCn1cc(C2Cc3nccnc3N2)c2ccccc21. The summed E-state index contributed by atoms with van der Waals surface area (Å²) in [5.74, 6) is 0.889. The molecular formula is C17H18N4O. The number of nitrogens with zero attached hydrogens (tertiary/aromatic N) is 3. The average molecular weight is 294 g/mol. The zero-order valence-corrected chi connectivity index (χ0v) is 12.2. The van der Waals surface area contributed by atoms with E-state index in [0.717, 1.165) is 30.9 Å². The van der Waals surface area contributed by atoms with Gasteiger partial charge in [-0.1, -0.05) is 18.2 Å². The summed E-state index contributed by atoms with van der Waals surface area (Å²) in [6.07, 6.45) is 7.28. The fourth-order valence-corrected chi connectivity index (χ4v) is 3.21. The Morgan fingerprint density at radius 2 is 2.09 bits per heavy atom. The first-order chi connectivity index (χ1) is 10.9. The molecule has 1 unspecified atom stereocenters. The molecule has 5 heteroatoms. The Balaban J connectivity index is 1.73. The molecule has 0 saturated carbocycles. The lowest BCUT2D eigenvalue weighted by Gasteiger charge is -2.09. The maximum Gasteiger partial charge on any atom is 0.148 e. The summed E-state index contributed by atoms with van der Waals surface area (Å²) in [6, 6.07) is 8.63. The van der Waals surface area contributed by atoms with Crippen molar-refractivity contribution in [3.8, 4) is 0 Å². The van der Waals surface area contributed by atoms with Crippen LogP contribution in [0.3, 0.4) is 0 Å². The Bertz CT molecular complexity index is 786. The fourth-order valence-electron chi connectivity index (χ4n) is 3.21. The van der Waals surface area contributed by atoms with E-state index in [0.29, 0.717) is 0 Å². The van der Waals surface area contributed by atoms with Crippen LogP contribution in [0, 0.1) is 0 Å². The molecule has 112 valence electrons. The molecule has 0 radical (unpaired) electrons. The number of para-hydroxylation sites is 1. The lowest BCUT2D eigenvalue weighted by molar-refractivity contribution is 0.280. The molecule has 1 aliphatic rings. The monoisotopic (exact) mass is 294 g/mol. The van der Waals surface area contributed by atoms with E-state index in [1.165, 1.54) is 16.5 Å². The third kappa shape index (κ3) is 2.14. The van der Waals surface area contributed by atoms with E-state index in [4.69, 9.17) is 5.11 Å². The van der Waals surface area contributed by atoms with Crippen LogP contribution in [0.25, 0.3) is 10.9 Å². The highest BCUT2D eigenvalue weighted by molar-refractivity contribution is 5.85. The van der Waals surface area contributed by atoms with Crippen molar-refractivity contribution in [1.29, 1.82) is 0 Å². The molecule has 1 aromatic carbocycles. The van der Waals surface area contributed by atoms with Gasteiger partial charge in [0.1, 0.15) is 5.82 Å². The highest BCUT2D eigenvalue weighted by Gasteiger charge is 2.26. The molecule has 3 heterocycles. The minimum atomic E-state index is 0.206. The van der Waals surface area contributed by atoms with Crippen LogP contribution in [-0.2, 0) is 13.0 Å². The second-order valence-electron chi connectivity index (χ2n) is 5.62. The van der Waals surface area contributed by atoms with Crippen LogP contribution in [0.4, 0.5) is 5.82 Å². The first kappa shape index (κ1) is 13.3. The quantitative estimate of drug-likeness (QED) is 0.776. The number of aryl methyl sites for hydroxylation is 1. The largest absolute Gasteiger partial charge is 0.396 e. The van der Waals surface area contributed by atoms with Gasteiger partial charge >= 0.3 is 0 Å². The average Bonchev–Trinajstić information content (AvgIpc) is 3.14. The summed E-state index contributed by atoms with van der Waals surface area (Å²) < 4.78 is 2.23. The Morgan fingerprint density at radius 3 is 2.95 bits per heavy atom. The maximum absolute atomic E-state index is 9.09. The van der Waals surface area contributed by atoms with E-state index in [1.54, 1.807) is 12.4 Å². The molecule has 0 saturated heterocycles. The van der Waals surface area contributed by atoms with E-state index >= 15 is 0 Å². The van der Waals surface area contributed by atoms with Gasteiger partial charge in [-0.2, -0.15) is 0 Å². The minimum absolute atomic E-state index is 0.206. The van der Waals surface area contributed by atoms with E-state index in [9.17, 15) is 0 Å². The number of aromatic nitrogens is 3. The highest BCUT2D eigenvalue weighted by Crippen LogP contribution is 2.35. The van der Waals surface area contributed by atoms with Crippen LogP contribution in [-0.4, -0.2) is 26.2 Å². The van der Waals surface area contributed by atoms with Gasteiger partial charge in [0, 0.05) is 54.6 Å². The van der Waals surface area contributed by atoms with Crippen LogP contribution < -0.4 is 5.32 Å². The number of aliphatic hydroxyl groups excluding tert-OH is 1. The molecule has 2 aromatic heterocycles. The van der Waals surface area contributed by atoms with Crippen molar-refractivity contribution in [2.75, 3.05) is 11.9 Å². The Morgan fingerprint density at radius 1 is 1.23 bits per heavy atom. The van der Waals surface area contributed by atoms with Gasteiger partial charge in [0.15, 0.2) is 0 Å². The lowest BCUT2D eigenvalue weighted by Crippen LogP contribution is -2.05. The summed E-state index contributed by atoms with van der Waals surface area (Å²) in [5.41, 5.74) is 3.51. The van der Waals surface area contributed by atoms with Gasteiger partial charge in [0.05, 0.1) is 11.7 Å². The molecule has 0 bridgehead atoms. The molecule has 5 nitrogen and oxygen atoms in total. The molecule has 4 rings (SSSR count). The lowest BCUT2D eigenvalue weighted by atomic mass is 10.0. The number of hydrogen-bond acceptors (Lipinski definition) is 4. The van der Waals surface area contributed by atoms with Crippen molar-refractivity contribution in [2.24, 2.45) is 0 Å². The molecule has 0 aliphatic carbocycles. The van der Waals surface area contributed by atoms with Crippen molar-refractivity contribution >= 4 is 16.7 Å². The molecular weight excluding hydrogens is 276 g/mol. The Kier molecular flexibility index (Phi) is 3.27. The number of fused-ring (bicyclic) bond motifs is 2. The first-order valence-corrected chi connectivity index (χ1v) is 7.62. The number of nitrogens with one attached hydrogen (secondary N) is 1. The van der Waals surface area contributed by atoms with Gasteiger partial charge in [0.2, 0.25) is 0 Å². The van der Waals surface area contributed by atoms with Crippen molar-refractivity contribution in [3.63, 3.8) is 0 Å². The molecule has 2 N–H and O–H groups in total. The zero-order valence-electron chi connectivity index (χ0n) is 12.2. The van der Waals surface area contributed by atoms with Crippen molar-refractivity contribution in [1.82, 2.24) is 14.5 Å². The summed E-state index contributed by atoms with van der Waals surface area (Å²) in [5, 5.41) is 13.8. The van der Waals surface area contributed by atoms with Crippen LogP contribution in [0.5, 0.6) is 0 Å². The van der Waals surface area contributed by atoms with Gasteiger partial charge in [-0.3, -0.25) is 4.98 Å². The smallest absolute Gasteiger partial charge is 0.148 e. The topological polar surface area (TPSA) is 63.0 Å². The first-order valence-electron chi connectivity index (χ1n) is 7.62. The standard InChI is InChI=1S/C17H18N4O/c22-9-3-8-21-11-13(12-4-1-2-5-16(12)21)14-10-15-17(20-14)19-7-6-18-15/h1-2,4-7,11,14,22H,3,8-10H2,(H,19,20). The van der Waals surface area contributed by atoms with Crippen molar-refractivity contribution < 1.29 is 5.11 Å². The van der Waals surface area contributed by atoms with Gasteiger partial charge in [-0.15, -0.1) is 0 Å². The van der Waals surface area contributed by atoms with Gasteiger partial charge in [-0.25, -0.2) is 4.98 Å². The van der Waals surface area contributed by atoms with Crippen LogP contribution >= 0.6 is 0 Å². The molecule has 1 aliphatic heterocycles. The summed E-state index contributed by atoms with van der Waals surface area (Å²) >= 11 is 0. The van der Waals surface area contributed by atoms with Gasteiger partial charge in [-0.05, 0) is 12.5 Å². The summed E-state index contributed by atoms with van der Waals surface area (Å²) in [6.45, 7) is 1.04. The minimum Gasteiger partial charge on any atom is -0.396 e. The molecule has 3 aromatic rings. The third-order valence-corrected chi connectivity index (χ3v) is 4.23. The van der Waals surface area contributed by atoms with E-state index in [-0.39, 0.29) is 12.6 Å². The molecule has 1 atom stereocenters. The zero-order chi connectivity index (χ0) is 14.9. The summed E-state index contributed by atoms with van der Waals surface area (Å²) in [4.78, 5) is 8.76. The number of rotatable bonds is 4. The number of benzene rings is 1. The Labute approximate surface area is 128 Å². The van der Waals surface area contributed by atoms with E-state index < -0.39 is 0 Å². The van der Waals surface area contributed by atoms with Crippen molar-refractivity contribution in [3.05, 3.63) is 54.1 Å². The maximum atomic E-state index is 9.09. The van der Waals surface area contributed by atoms with Crippen molar-refractivity contribution in [2.45, 2.75) is 25.4 Å². The van der Waals surface area contributed by atoms with Crippen LogP contribution in [0.15, 0.2) is 42.9 Å². The predicted octanol–water partition coefficient (Wildman–Crippen LogP) is 2.52. The molecule has 0 amide bonds. The van der Waals surface area contributed by atoms with Crippen LogP contribution in [0.1, 0.15) is 23.7 Å². The number of hydrogen-bond donors (Lipinski definition) is 2. The molecule has 22 heavy (non-hydrogen) atoms. The highest BCUT2D eigenvalue weighted by atomic mass is 16.3. The third-order valence-electron chi connectivity index (χ3n) is 4.23.